The molecular formula is C9H14N2O13P2. The second kappa shape index (κ2) is 7.80. The molecule has 0 bridgehead atoms. The topological polar surface area (TPSA) is 227 Å². The van der Waals surface area contributed by atoms with E-state index in [4.69, 9.17) is 14.5 Å². The summed E-state index contributed by atoms with van der Waals surface area (Å²) >= 11 is 0. The van der Waals surface area contributed by atoms with Crippen molar-refractivity contribution in [2.45, 2.75) is 24.5 Å². The molecule has 0 saturated carbocycles. The molecule has 26 heavy (non-hydrogen) atoms. The number of phosphoric ester groups is 1. The van der Waals surface area contributed by atoms with Crippen LogP contribution in [0.1, 0.15) is 6.23 Å². The van der Waals surface area contributed by atoms with Crippen LogP contribution in [-0.4, -0.2) is 59.4 Å². The molecule has 2 heterocycles. The maximum atomic E-state index is 11.7. The number of aromatic nitrogens is 2. The Hall–Kier alpha value is -1.22. The number of H-pyrrole nitrogens is 1. The van der Waals surface area contributed by atoms with Crippen molar-refractivity contribution in [1.29, 1.82) is 0 Å². The fourth-order valence-corrected chi connectivity index (χ4v) is 3.06. The molecule has 5 atom stereocenters. The number of aliphatic hydroxyl groups excluding tert-OH is 2. The first kappa shape index (κ1) is 21.1. The molecule has 0 aliphatic carbocycles. The average molecular weight is 420 g/mol. The van der Waals surface area contributed by atoms with Crippen molar-refractivity contribution < 1.29 is 52.6 Å². The molecule has 1 aromatic heterocycles. The molecule has 2 rings (SSSR count). The molecular weight excluding hydrogens is 406 g/mol. The maximum Gasteiger partial charge on any atom is 0.500 e. The van der Waals surface area contributed by atoms with Crippen LogP contribution in [0.3, 0.4) is 0 Å². The highest BCUT2D eigenvalue weighted by Crippen LogP contribution is 2.50. The van der Waals surface area contributed by atoms with E-state index in [1.807, 2.05) is 4.98 Å². The molecule has 15 nitrogen and oxygen atoms in total. The van der Waals surface area contributed by atoms with Crippen LogP contribution in [-0.2, 0) is 27.7 Å². The monoisotopic (exact) mass is 420 g/mol. The molecule has 0 spiro atoms. The van der Waals surface area contributed by atoms with Crippen LogP contribution in [0.25, 0.3) is 0 Å². The van der Waals surface area contributed by atoms with Gasteiger partial charge >= 0.3 is 21.3 Å². The van der Waals surface area contributed by atoms with Gasteiger partial charge in [0.25, 0.3) is 5.56 Å². The van der Waals surface area contributed by atoms with E-state index in [-0.39, 0.29) is 0 Å². The Kier molecular flexibility index (Phi) is 6.32. The zero-order chi connectivity index (χ0) is 19.7. The van der Waals surface area contributed by atoms with Crippen molar-refractivity contribution in [2.24, 2.45) is 0 Å². The van der Waals surface area contributed by atoms with Crippen molar-refractivity contribution >= 4 is 15.6 Å². The number of rotatable bonds is 7. The molecule has 148 valence electrons. The lowest BCUT2D eigenvalue weighted by Crippen LogP contribution is -2.37. The van der Waals surface area contributed by atoms with Gasteiger partial charge in [0.1, 0.15) is 18.3 Å². The van der Waals surface area contributed by atoms with Gasteiger partial charge in [0.05, 0.1) is 6.61 Å². The van der Waals surface area contributed by atoms with Crippen LogP contribution >= 0.6 is 15.6 Å². The zero-order valence-electron chi connectivity index (χ0n) is 12.5. The van der Waals surface area contributed by atoms with E-state index >= 15 is 0 Å². The second-order valence-electron chi connectivity index (χ2n) is 4.97. The van der Waals surface area contributed by atoms with Crippen LogP contribution in [0.5, 0.6) is 0 Å². The molecule has 1 aromatic rings. The normalized spacial score (nSPS) is 28.8. The third kappa shape index (κ3) is 5.39. The van der Waals surface area contributed by atoms with E-state index in [0.29, 0.717) is 0 Å². The van der Waals surface area contributed by atoms with Gasteiger partial charge in [0.15, 0.2) is 6.23 Å². The van der Waals surface area contributed by atoms with Gasteiger partial charge in [-0.3, -0.25) is 18.9 Å². The number of nitrogens with zero attached hydrogens (tertiary/aromatic N) is 1. The first-order valence-corrected chi connectivity index (χ1v) is 9.66. The second-order valence-corrected chi connectivity index (χ2v) is 7.44. The van der Waals surface area contributed by atoms with Crippen molar-refractivity contribution in [2.75, 3.05) is 6.61 Å². The van der Waals surface area contributed by atoms with Gasteiger partial charge in [0.2, 0.25) is 0 Å². The highest BCUT2D eigenvalue weighted by atomic mass is 31.2. The lowest BCUT2D eigenvalue weighted by atomic mass is 10.1. The largest absolute Gasteiger partial charge is 0.500 e. The molecule has 1 fully saturated rings. The third-order valence-electron chi connectivity index (χ3n) is 3.09. The maximum absolute atomic E-state index is 11.7. The molecule has 1 aliphatic rings. The molecule has 1 unspecified atom stereocenters. The van der Waals surface area contributed by atoms with Crippen molar-refractivity contribution in [3.63, 3.8) is 0 Å². The summed E-state index contributed by atoms with van der Waals surface area (Å²) in [6, 6.07) is 0.961. The van der Waals surface area contributed by atoms with Crippen molar-refractivity contribution in [1.82, 2.24) is 9.55 Å². The molecule has 0 aromatic carbocycles. The molecule has 0 amide bonds. The summed E-state index contributed by atoms with van der Waals surface area (Å²) in [5.41, 5.74) is -1.65. The van der Waals surface area contributed by atoms with Crippen molar-refractivity contribution in [3.8, 4) is 0 Å². The summed E-state index contributed by atoms with van der Waals surface area (Å²) in [7, 11) is -10.3. The molecule has 17 heteroatoms. The highest BCUT2D eigenvalue weighted by Gasteiger charge is 2.45. The molecule has 1 aliphatic heterocycles. The minimum absolute atomic E-state index is 0.706. The van der Waals surface area contributed by atoms with Gasteiger partial charge in [-0.25, -0.2) is 13.9 Å². The van der Waals surface area contributed by atoms with Gasteiger partial charge in [0, 0.05) is 12.3 Å². The van der Waals surface area contributed by atoms with Crippen LogP contribution < -0.4 is 11.2 Å². The number of nitrogens with one attached hydrogen (secondary N) is 1. The first-order valence-electron chi connectivity index (χ1n) is 6.63. The lowest BCUT2D eigenvalue weighted by molar-refractivity contribution is -0.150. The van der Waals surface area contributed by atoms with E-state index in [0.717, 1.165) is 16.8 Å². The molecule has 6 N–H and O–H groups in total. The Morgan fingerprint density at radius 1 is 1.15 bits per heavy atom. The molecule has 0 radical (unpaired) electrons. The predicted octanol–water partition coefficient (Wildman–Crippen LogP) is -2.69. The van der Waals surface area contributed by atoms with E-state index < -0.39 is 58.0 Å². The van der Waals surface area contributed by atoms with Gasteiger partial charge in [-0.05, 0) is 0 Å². The Bertz CT molecular complexity index is 845. The third-order valence-corrected chi connectivity index (χ3v) is 4.21. The Morgan fingerprint density at radius 2 is 1.81 bits per heavy atom. The predicted molar refractivity (Wildman–Crippen MR) is 77.2 cm³/mol. The average Bonchev–Trinajstić information content (AvgIpc) is 2.79. The molecule has 1 saturated heterocycles. The lowest BCUT2D eigenvalue weighted by Gasteiger charge is -2.17. The quantitative estimate of drug-likeness (QED) is 0.150. The number of phosphoric acid groups is 2. The Balaban J connectivity index is 2.03. The van der Waals surface area contributed by atoms with Crippen LogP contribution in [0.2, 0.25) is 0 Å². The van der Waals surface area contributed by atoms with Crippen molar-refractivity contribution in [3.05, 3.63) is 33.1 Å². The number of hydrogen-bond acceptors (Lipinski definition) is 10. The van der Waals surface area contributed by atoms with E-state index in [1.165, 1.54) is 0 Å². The van der Waals surface area contributed by atoms with E-state index in [1.54, 1.807) is 0 Å². The number of aromatic amines is 1. The minimum Gasteiger partial charge on any atom is -0.387 e. The van der Waals surface area contributed by atoms with Crippen LogP contribution in [0, 0.1) is 0 Å². The van der Waals surface area contributed by atoms with E-state index in [2.05, 4.69) is 13.9 Å². The minimum atomic E-state index is -5.21. The van der Waals surface area contributed by atoms with E-state index in [9.17, 15) is 33.8 Å². The summed E-state index contributed by atoms with van der Waals surface area (Å²) in [4.78, 5) is 50.6. The van der Waals surface area contributed by atoms with Gasteiger partial charge in [-0.2, -0.15) is 0 Å². The SMILES string of the molecule is O=c1ccn([C@@H]2O[C@H](COP(=O)(O)OOP(=O)(O)O)[C@@H](O)[C@H]2O)c(=O)[nH]1. The van der Waals surface area contributed by atoms with Gasteiger partial charge in [-0.1, -0.05) is 0 Å². The first-order chi connectivity index (χ1) is 11.9. The number of ether oxygens (including phenoxy) is 1. The standard InChI is InChI=1S/C9H14N2O13P2/c12-5-1-2-11(9(15)10-5)8-7(14)6(13)4(22-8)3-21-26(19,20)24-23-25(16,17)18/h1-2,4,6-8,13-14H,3H2,(H,19,20)(H,10,12,15)(H2,16,17,18)/t4-,6-,7-,8-/m1/s1. The van der Waals surface area contributed by atoms with Gasteiger partial charge < -0.3 is 29.6 Å². The number of hydrogen-bond donors (Lipinski definition) is 6. The van der Waals surface area contributed by atoms with Crippen LogP contribution in [0.4, 0.5) is 0 Å². The fourth-order valence-electron chi connectivity index (χ4n) is 2.00. The highest BCUT2D eigenvalue weighted by molar-refractivity contribution is 7.49. The smallest absolute Gasteiger partial charge is 0.387 e. The summed E-state index contributed by atoms with van der Waals surface area (Å²) in [6.07, 6.45) is -5.24. The van der Waals surface area contributed by atoms with Gasteiger partial charge in [-0.15, -0.1) is 9.35 Å². The zero-order valence-corrected chi connectivity index (χ0v) is 14.3. The Morgan fingerprint density at radius 3 is 2.38 bits per heavy atom. The van der Waals surface area contributed by atoms with Crippen LogP contribution in [0.15, 0.2) is 21.9 Å². The number of aliphatic hydroxyl groups is 2. The summed E-state index contributed by atoms with van der Waals surface area (Å²) in [6.45, 7) is -0.884. The summed E-state index contributed by atoms with van der Waals surface area (Å²) in [5, 5.41) is 19.8. The summed E-state index contributed by atoms with van der Waals surface area (Å²) in [5.74, 6) is 0. The Labute approximate surface area is 143 Å². The fraction of sp³-hybridized carbons (Fsp3) is 0.556. The summed E-state index contributed by atoms with van der Waals surface area (Å²) < 4.78 is 39.0.